The topological polar surface area (TPSA) is 41.6 Å². The zero-order chi connectivity index (χ0) is 15.5. The normalized spacial score (nSPS) is 16.6. The van der Waals surface area contributed by atoms with Crippen LogP contribution in [0.1, 0.15) is 11.1 Å². The molecule has 1 aliphatic heterocycles. The number of anilines is 1. The molecule has 2 aromatic rings. The number of nitrogens with one attached hydrogen (secondary N) is 1. The predicted octanol–water partition coefficient (Wildman–Crippen LogP) is 2.51. The Bertz CT molecular complexity index is 667. The van der Waals surface area contributed by atoms with E-state index in [0.29, 0.717) is 6.54 Å². The van der Waals surface area contributed by atoms with E-state index in [2.05, 4.69) is 41.4 Å². The molecule has 4 heteroatoms. The minimum atomic E-state index is -0.481. The third kappa shape index (κ3) is 2.91. The number of hydrogen-bond acceptors (Lipinski definition) is 3. The fourth-order valence-corrected chi connectivity index (χ4v) is 2.67. The van der Waals surface area contributed by atoms with Gasteiger partial charge in [-0.25, -0.2) is 0 Å². The van der Waals surface area contributed by atoms with E-state index in [1.165, 1.54) is 11.1 Å². The number of fused-ring (bicyclic) bond motifs is 1. The zero-order valence-electron chi connectivity index (χ0n) is 12.9. The molecule has 1 aliphatic rings. The lowest BCUT2D eigenvalue weighted by Crippen LogP contribution is -2.47. The fraction of sp³-hybridized carbons (Fsp3) is 0.278. The minimum absolute atomic E-state index is 0.0941. The third-order valence-corrected chi connectivity index (χ3v) is 3.89. The highest BCUT2D eigenvalue weighted by molar-refractivity contribution is 5.83. The van der Waals surface area contributed by atoms with Crippen molar-refractivity contribution in [1.29, 1.82) is 0 Å². The van der Waals surface area contributed by atoms with E-state index in [4.69, 9.17) is 4.74 Å². The number of amides is 1. The van der Waals surface area contributed by atoms with Gasteiger partial charge in [-0.1, -0.05) is 42.0 Å². The third-order valence-electron chi connectivity index (χ3n) is 3.89. The van der Waals surface area contributed by atoms with Crippen LogP contribution in [0.25, 0.3) is 0 Å². The van der Waals surface area contributed by atoms with Crippen molar-refractivity contribution in [3.8, 4) is 5.75 Å². The molecule has 1 N–H and O–H groups in total. The van der Waals surface area contributed by atoms with E-state index in [0.717, 1.165) is 18.0 Å². The maximum atomic E-state index is 12.0. The van der Waals surface area contributed by atoms with E-state index in [1.807, 2.05) is 24.3 Å². The molecule has 1 atom stereocenters. The average Bonchev–Trinajstić information content (AvgIpc) is 2.56. The summed E-state index contributed by atoms with van der Waals surface area (Å²) in [4.78, 5) is 14.2. The van der Waals surface area contributed by atoms with Gasteiger partial charge in [0.2, 0.25) is 0 Å². The highest BCUT2D eigenvalue weighted by atomic mass is 16.5. The molecule has 4 nitrogen and oxygen atoms in total. The van der Waals surface area contributed by atoms with Gasteiger partial charge in [0.1, 0.15) is 5.75 Å². The molecule has 0 unspecified atom stereocenters. The van der Waals surface area contributed by atoms with Crippen LogP contribution in [-0.2, 0) is 11.3 Å². The second kappa shape index (κ2) is 6.10. The van der Waals surface area contributed by atoms with Gasteiger partial charge in [0.05, 0.1) is 12.2 Å². The standard InChI is InChI=1S/C18H20N2O2/c1-13-7-9-14(10-8-13)11-20-12-17(18(21)19-2)22-16-6-4-3-5-15(16)20/h3-10,17H,11-12H2,1-2H3,(H,19,21)/t17-/m1/s1. The van der Waals surface area contributed by atoms with Crippen LogP contribution in [0.15, 0.2) is 48.5 Å². The second-order valence-corrected chi connectivity index (χ2v) is 5.55. The average molecular weight is 296 g/mol. The first-order valence-corrected chi connectivity index (χ1v) is 7.45. The highest BCUT2D eigenvalue weighted by Crippen LogP contribution is 2.34. The van der Waals surface area contributed by atoms with E-state index < -0.39 is 6.10 Å². The van der Waals surface area contributed by atoms with Crippen LogP contribution < -0.4 is 15.0 Å². The smallest absolute Gasteiger partial charge is 0.262 e. The Morgan fingerprint density at radius 3 is 2.68 bits per heavy atom. The van der Waals surface area contributed by atoms with Crippen LogP contribution >= 0.6 is 0 Å². The van der Waals surface area contributed by atoms with Crippen LogP contribution in [0.5, 0.6) is 5.75 Å². The van der Waals surface area contributed by atoms with Crippen molar-refractivity contribution in [3.05, 3.63) is 59.7 Å². The SMILES string of the molecule is CNC(=O)[C@H]1CN(Cc2ccc(C)cc2)c2ccccc2O1. The largest absolute Gasteiger partial charge is 0.477 e. The molecular formula is C18H20N2O2. The number of carbonyl (C=O) groups is 1. The number of hydrogen-bond donors (Lipinski definition) is 1. The van der Waals surface area contributed by atoms with Gasteiger partial charge in [-0.15, -0.1) is 0 Å². The maximum absolute atomic E-state index is 12.0. The van der Waals surface area contributed by atoms with Crippen LogP contribution in [0.4, 0.5) is 5.69 Å². The van der Waals surface area contributed by atoms with Gasteiger partial charge in [-0.2, -0.15) is 0 Å². The molecule has 0 aromatic heterocycles. The Kier molecular flexibility index (Phi) is 4.00. The number of benzene rings is 2. The van der Waals surface area contributed by atoms with Crippen molar-refractivity contribution in [2.75, 3.05) is 18.5 Å². The molecule has 3 rings (SSSR count). The van der Waals surface area contributed by atoms with Gasteiger partial charge in [0, 0.05) is 13.6 Å². The van der Waals surface area contributed by atoms with Crippen molar-refractivity contribution >= 4 is 11.6 Å². The Morgan fingerprint density at radius 1 is 1.23 bits per heavy atom. The van der Waals surface area contributed by atoms with E-state index >= 15 is 0 Å². The monoisotopic (exact) mass is 296 g/mol. The van der Waals surface area contributed by atoms with E-state index in [9.17, 15) is 4.79 Å². The molecule has 0 spiro atoms. The highest BCUT2D eigenvalue weighted by Gasteiger charge is 2.29. The number of para-hydroxylation sites is 2. The zero-order valence-corrected chi connectivity index (χ0v) is 12.9. The Hall–Kier alpha value is -2.49. The van der Waals surface area contributed by atoms with Crippen LogP contribution in [-0.4, -0.2) is 25.6 Å². The van der Waals surface area contributed by atoms with Gasteiger partial charge in [-0.3, -0.25) is 4.79 Å². The molecule has 0 fully saturated rings. The first-order chi connectivity index (χ1) is 10.7. The molecule has 2 aromatic carbocycles. The first kappa shape index (κ1) is 14.4. The minimum Gasteiger partial charge on any atom is -0.477 e. The van der Waals surface area contributed by atoms with Crippen LogP contribution in [0.3, 0.4) is 0 Å². The van der Waals surface area contributed by atoms with Crippen molar-refractivity contribution in [2.45, 2.75) is 19.6 Å². The summed E-state index contributed by atoms with van der Waals surface area (Å²) in [5, 5.41) is 2.67. The molecule has 0 saturated heterocycles. The molecule has 0 saturated carbocycles. The molecular weight excluding hydrogens is 276 g/mol. The van der Waals surface area contributed by atoms with Crippen molar-refractivity contribution < 1.29 is 9.53 Å². The van der Waals surface area contributed by atoms with Crippen molar-refractivity contribution in [3.63, 3.8) is 0 Å². The summed E-state index contributed by atoms with van der Waals surface area (Å²) in [6.45, 7) is 3.38. The van der Waals surface area contributed by atoms with Crippen molar-refractivity contribution in [1.82, 2.24) is 5.32 Å². The van der Waals surface area contributed by atoms with Gasteiger partial charge in [0.15, 0.2) is 6.10 Å². The summed E-state index contributed by atoms with van der Waals surface area (Å²) in [6.07, 6.45) is -0.481. The Labute approximate surface area is 130 Å². The number of likely N-dealkylation sites (N-methyl/N-ethyl adjacent to an activating group) is 1. The second-order valence-electron chi connectivity index (χ2n) is 5.55. The summed E-state index contributed by atoms with van der Waals surface area (Å²) in [5.41, 5.74) is 3.50. The van der Waals surface area contributed by atoms with Gasteiger partial charge in [-0.05, 0) is 24.6 Å². The lowest BCUT2D eigenvalue weighted by molar-refractivity contribution is -0.127. The Balaban J connectivity index is 1.88. The van der Waals surface area contributed by atoms with Gasteiger partial charge >= 0.3 is 0 Å². The van der Waals surface area contributed by atoms with E-state index in [1.54, 1.807) is 7.05 Å². The lowest BCUT2D eigenvalue weighted by atomic mass is 10.1. The van der Waals surface area contributed by atoms with Crippen LogP contribution in [0.2, 0.25) is 0 Å². The summed E-state index contributed by atoms with van der Waals surface area (Å²) in [5.74, 6) is 0.665. The number of aryl methyl sites for hydroxylation is 1. The first-order valence-electron chi connectivity index (χ1n) is 7.45. The summed E-state index contributed by atoms with van der Waals surface area (Å²) >= 11 is 0. The van der Waals surface area contributed by atoms with E-state index in [-0.39, 0.29) is 5.91 Å². The quantitative estimate of drug-likeness (QED) is 0.946. The van der Waals surface area contributed by atoms with Crippen LogP contribution in [0, 0.1) is 6.92 Å². The number of nitrogens with zero attached hydrogens (tertiary/aromatic N) is 1. The summed E-state index contributed by atoms with van der Waals surface area (Å²) in [6, 6.07) is 16.3. The molecule has 0 radical (unpaired) electrons. The predicted molar refractivity (Wildman–Crippen MR) is 87.2 cm³/mol. The lowest BCUT2D eigenvalue weighted by Gasteiger charge is -2.35. The summed E-state index contributed by atoms with van der Waals surface area (Å²) < 4.78 is 5.82. The van der Waals surface area contributed by atoms with Gasteiger partial charge in [0.25, 0.3) is 5.91 Å². The number of rotatable bonds is 3. The molecule has 22 heavy (non-hydrogen) atoms. The number of ether oxygens (including phenoxy) is 1. The fourth-order valence-electron chi connectivity index (χ4n) is 2.67. The molecule has 114 valence electrons. The maximum Gasteiger partial charge on any atom is 0.262 e. The molecule has 1 amide bonds. The summed E-state index contributed by atoms with van der Waals surface area (Å²) in [7, 11) is 1.64. The molecule has 0 aliphatic carbocycles. The molecule has 0 bridgehead atoms. The Morgan fingerprint density at radius 2 is 1.95 bits per heavy atom. The van der Waals surface area contributed by atoms with Gasteiger partial charge < -0.3 is 15.0 Å². The number of carbonyl (C=O) groups excluding carboxylic acids is 1. The molecule has 1 heterocycles. The van der Waals surface area contributed by atoms with Crippen molar-refractivity contribution in [2.24, 2.45) is 0 Å².